The maximum atomic E-state index is 13.4. The molecule has 1 fully saturated rings. The first kappa shape index (κ1) is 22.2. The Balaban J connectivity index is 1.44. The molecule has 0 aliphatic carbocycles. The lowest BCUT2D eigenvalue weighted by Crippen LogP contribution is -2.61. The number of fused-ring (bicyclic) bond motifs is 3. The van der Waals surface area contributed by atoms with E-state index in [1.807, 2.05) is 30.3 Å². The van der Waals surface area contributed by atoms with E-state index in [9.17, 15) is 18.0 Å². The average Bonchev–Trinajstić information content (AvgIpc) is 2.86. The predicted molar refractivity (Wildman–Crippen MR) is 122 cm³/mol. The summed E-state index contributed by atoms with van der Waals surface area (Å²) in [5.74, 6) is 0.130. The Morgan fingerprint density at radius 3 is 2.53 bits per heavy atom. The molecule has 0 spiro atoms. The van der Waals surface area contributed by atoms with Crippen LogP contribution in [-0.2, 0) is 23.9 Å². The van der Waals surface area contributed by atoms with Gasteiger partial charge in [-0.3, -0.25) is 9.78 Å². The third kappa shape index (κ3) is 4.42. The first-order valence-corrected chi connectivity index (χ1v) is 11.2. The van der Waals surface area contributed by atoms with E-state index in [4.69, 9.17) is 0 Å². The second kappa shape index (κ2) is 8.96. The molecule has 3 aromatic rings. The minimum absolute atomic E-state index is 0.188. The smallest absolute Gasteiger partial charge is 0.364 e. The van der Waals surface area contributed by atoms with Gasteiger partial charge in [0.2, 0.25) is 5.91 Å². The summed E-state index contributed by atoms with van der Waals surface area (Å²) in [6.07, 6.45) is -0.803. The second-order valence-corrected chi connectivity index (χ2v) is 8.59. The Morgan fingerprint density at radius 1 is 1.03 bits per heavy atom. The van der Waals surface area contributed by atoms with Crippen LogP contribution in [0.15, 0.2) is 67.0 Å². The number of benzene rings is 1. The molecule has 1 saturated heterocycles. The van der Waals surface area contributed by atoms with E-state index >= 15 is 0 Å². The largest absolute Gasteiger partial charge is 0.416 e. The number of carbonyl (C=O) groups excluding carboxylic acids is 1. The van der Waals surface area contributed by atoms with Crippen molar-refractivity contribution in [1.82, 2.24) is 15.3 Å². The molecule has 0 radical (unpaired) electrons. The highest BCUT2D eigenvalue weighted by molar-refractivity contribution is 5.82. The molecule has 1 amide bonds. The Morgan fingerprint density at radius 2 is 1.82 bits per heavy atom. The molecule has 2 aromatic heterocycles. The van der Waals surface area contributed by atoms with E-state index in [1.54, 1.807) is 24.5 Å². The molecule has 4 heterocycles. The molecule has 0 bridgehead atoms. The monoisotopic (exact) mass is 467 g/mol. The molecule has 176 valence electrons. The summed E-state index contributed by atoms with van der Waals surface area (Å²) in [5, 5.41) is 2.95. The van der Waals surface area contributed by atoms with Crippen LogP contribution >= 0.6 is 0 Å². The van der Waals surface area contributed by atoms with E-state index in [0.717, 1.165) is 23.3 Å². The summed E-state index contributed by atoms with van der Waals surface area (Å²) in [6.45, 7) is 2.07. The first-order chi connectivity index (χ1) is 16.4. The van der Waals surface area contributed by atoms with Crippen molar-refractivity contribution < 1.29 is 18.0 Å². The number of alkyl halides is 3. The summed E-state index contributed by atoms with van der Waals surface area (Å²) >= 11 is 0. The number of piperazine rings is 1. The molecule has 1 N–H and O–H groups in total. The summed E-state index contributed by atoms with van der Waals surface area (Å²) in [5.41, 5.74) is 1.36. The third-order valence-corrected chi connectivity index (χ3v) is 6.52. The lowest BCUT2D eigenvalue weighted by molar-refractivity contribution is -0.137. The quantitative estimate of drug-likeness (QED) is 0.635. The standard InChI is InChI=1S/C25H24F3N5O/c26-25(27,28)18-7-8-21-17(13-18)14-20(24(34)31-15-19-5-1-3-9-29-19)22-16-32(11-12-33(21)22)23-6-2-4-10-30-23/h1-10,13,20,22H,11-12,14-16H2,(H,31,34). The van der Waals surface area contributed by atoms with E-state index in [2.05, 4.69) is 25.1 Å². The van der Waals surface area contributed by atoms with E-state index < -0.39 is 17.7 Å². The van der Waals surface area contributed by atoms with Crippen LogP contribution in [0.1, 0.15) is 16.8 Å². The molecule has 2 atom stereocenters. The summed E-state index contributed by atoms with van der Waals surface area (Å²) < 4.78 is 40.1. The van der Waals surface area contributed by atoms with Crippen LogP contribution in [0.4, 0.5) is 24.7 Å². The number of pyridine rings is 2. The van der Waals surface area contributed by atoms with Crippen LogP contribution < -0.4 is 15.1 Å². The SMILES string of the molecule is O=C(NCc1ccccn1)C1Cc2cc(C(F)(F)F)ccc2N2CCN(c3ccccn3)CC12. The van der Waals surface area contributed by atoms with Crippen molar-refractivity contribution in [1.29, 1.82) is 0 Å². The number of hydrogen-bond donors (Lipinski definition) is 1. The molecule has 9 heteroatoms. The topological polar surface area (TPSA) is 61.4 Å². The van der Waals surface area contributed by atoms with Crippen molar-refractivity contribution in [2.75, 3.05) is 29.4 Å². The number of nitrogens with one attached hydrogen (secondary N) is 1. The molecule has 34 heavy (non-hydrogen) atoms. The average molecular weight is 467 g/mol. The van der Waals surface area contributed by atoms with Crippen LogP contribution in [0.5, 0.6) is 0 Å². The van der Waals surface area contributed by atoms with Gasteiger partial charge in [-0.15, -0.1) is 0 Å². The maximum absolute atomic E-state index is 13.4. The van der Waals surface area contributed by atoms with Crippen LogP contribution in [0.3, 0.4) is 0 Å². The van der Waals surface area contributed by atoms with E-state index in [0.29, 0.717) is 25.2 Å². The molecule has 2 aliphatic rings. The maximum Gasteiger partial charge on any atom is 0.416 e. The van der Waals surface area contributed by atoms with Crippen molar-refractivity contribution in [3.05, 3.63) is 83.8 Å². The Labute approximate surface area is 195 Å². The molecule has 6 nitrogen and oxygen atoms in total. The zero-order valence-electron chi connectivity index (χ0n) is 18.4. The number of carbonyl (C=O) groups is 1. The minimum Gasteiger partial charge on any atom is -0.364 e. The van der Waals surface area contributed by atoms with Gasteiger partial charge in [0.05, 0.1) is 29.8 Å². The molecular formula is C25H24F3N5O. The number of anilines is 2. The van der Waals surface area contributed by atoms with Crippen molar-refractivity contribution in [2.45, 2.75) is 25.2 Å². The van der Waals surface area contributed by atoms with E-state index in [-0.39, 0.29) is 24.9 Å². The van der Waals surface area contributed by atoms with Crippen molar-refractivity contribution in [3.8, 4) is 0 Å². The Hall–Kier alpha value is -3.62. The van der Waals surface area contributed by atoms with Gasteiger partial charge in [0.25, 0.3) is 0 Å². The summed E-state index contributed by atoms with van der Waals surface area (Å²) in [6, 6.07) is 14.8. The van der Waals surface area contributed by atoms with Gasteiger partial charge in [-0.05, 0) is 54.4 Å². The zero-order valence-corrected chi connectivity index (χ0v) is 18.4. The van der Waals surface area contributed by atoms with Gasteiger partial charge in [-0.1, -0.05) is 12.1 Å². The van der Waals surface area contributed by atoms with Gasteiger partial charge in [0, 0.05) is 37.7 Å². The lowest BCUT2D eigenvalue weighted by atomic mass is 9.82. The number of rotatable bonds is 4. The van der Waals surface area contributed by atoms with Crippen molar-refractivity contribution in [2.24, 2.45) is 5.92 Å². The van der Waals surface area contributed by atoms with Crippen LogP contribution in [0, 0.1) is 5.92 Å². The number of amides is 1. The summed E-state index contributed by atoms with van der Waals surface area (Å²) in [4.78, 5) is 26.2. The molecule has 0 saturated carbocycles. The fourth-order valence-electron chi connectivity index (χ4n) is 4.86. The van der Waals surface area contributed by atoms with Crippen molar-refractivity contribution >= 4 is 17.4 Å². The molecule has 2 unspecified atom stereocenters. The highest BCUT2D eigenvalue weighted by atomic mass is 19.4. The summed E-state index contributed by atoms with van der Waals surface area (Å²) in [7, 11) is 0. The predicted octanol–water partition coefficient (Wildman–Crippen LogP) is 3.68. The normalized spacial score (nSPS) is 19.9. The Bertz CT molecular complexity index is 1160. The van der Waals surface area contributed by atoms with Gasteiger partial charge in [-0.25, -0.2) is 4.98 Å². The number of nitrogens with zero attached hydrogens (tertiary/aromatic N) is 4. The fourth-order valence-corrected chi connectivity index (χ4v) is 4.86. The minimum atomic E-state index is -4.43. The molecule has 5 rings (SSSR count). The van der Waals surface area contributed by atoms with Gasteiger partial charge >= 0.3 is 6.18 Å². The highest BCUT2D eigenvalue weighted by Crippen LogP contribution is 2.40. The van der Waals surface area contributed by atoms with Gasteiger partial charge < -0.3 is 15.1 Å². The van der Waals surface area contributed by atoms with E-state index in [1.165, 1.54) is 6.07 Å². The van der Waals surface area contributed by atoms with Crippen LogP contribution in [-0.4, -0.2) is 41.6 Å². The number of halogens is 3. The van der Waals surface area contributed by atoms with Gasteiger partial charge in [-0.2, -0.15) is 13.2 Å². The van der Waals surface area contributed by atoms with Crippen molar-refractivity contribution in [3.63, 3.8) is 0 Å². The molecule has 2 aliphatic heterocycles. The van der Waals surface area contributed by atoms with Gasteiger partial charge in [0.1, 0.15) is 5.82 Å². The zero-order chi connectivity index (χ0) is 23.7. The second-order valence-electron chi connectivity index (χ2n) is 8.59. The Kier molecular flexibility index (Phi) is 5.85. The molecule has 1 aromatic carbocycles. The van der Waals surface area contributed by atoms with Gasteiger partial charge in [0.15, 0.2) is 0 Å². The highest BCUT2D eigenvalue weighted by Gasteiger charge is 2.43. The lowest BCUT2D eigenvalue weighted by Gasteiger charge is -2.49. The first-order valence-electron chi connectivity index (χ1n) is 11.2. The van der Waals surface area contributed by atoms with Crippen LogP contribution in [0.2, 0.25) is 0 Å². The third-order valence-electron chi connectivity index (χ3n) is 6.52. The fraction of sp³-hybridized carbons (Fsp3) is 0.320. The van der Waals surface area contributed by atoms with Crippen LogP contribution in [0.25, 0.3) is 0 Å². The number of aromatic nitrogens is 2. The number of hydrogen-bond acceptors (Lipinski definition) is 5. The molecular weight excluding hydrogens is 443 g/mol.